The average molecular weight is 889 g/mol. The summed E-state index contributed by atoms with van der Waals surface area (Å²) in [7, 11) is -5.13. The summed E-state index contributed by atoms with van der Waals surface area (Å²) in [5.74, 6) is -1.15. The van der Waals surface area contributed by atoms with Gasteiger partial charge in [0.2, 0.25) is 0 Å². The summed E-state index contributed by atoms with van der Waals surface area (Å²) in [4.78, 5) is 35.7. The number of allylic oxidation sites excluding steroid dienone is 6. The van der Waals surface area contributed by atoms with Crippen LogP contribution in [0.5, 0.6) is 0 Å². The first-order chi connectivity index (χ1) is 29.4. The second-order valence-corrected chi connectivity index (χ2v) is 18.0. The molecular formula is C47H85O13P. The molecule has 0 amide bonds. The molecule has 0 spiro atoms. The van der Waals surface area contributed by atoms with Crippen molar-refractivity contribution in [3.8, 4) is 0 Å². The van der Waals surface area contributed by atoms with Crippen LogP contribution in [0.2, 0.25) is 0 Å². The molecule has 13 nitrogen and oxygen atoms in total. The monoisotopic (exact) mass is 889 g/mol. The number of carbonyl (C=O) groups excluding carboxylic acids is 2. The molecule has 0 aromatic heterocycles. The number of hydrogen-bond donors (Lipinski definition) is 6. The summed E-state index contributed by atoms with van der Waals surface area (Å²) in [6.45, 7) is 3.24. The van der Waals surface area contributed by atoms with Crippen LogP contribution in [-0.2, 0) is 32.7 Å². The van der Waals surface area contributed by atoms with Gasteiger partial charge >= 0.3 is 19.8 Å². The first kappa shape index (κ1) is 57.1. The Morgan fingerprint density at radius 3 is 1.44 bits per heavy atom. The highest BCUT2D eigenvalue weighted by Gasteiger charge is 2.51. The van der Waals surface area contributed by atoms with Crippen LogP contribution in [0, 0.1) is 0 Å². The van der Waals surface area contributed by atoms with E-state index in [0.717, 1.165) is 44.9 Å². The number of carbonyl (C=O) groups is 2. The lowest BCUT2D eigenvalue weighted by Gasteiger charge is -2.41. The van der Waals surface area contributed by atoms with Gasteiger partial charge < -0.3 is 39.9 Å². The van der Waals surface area contributed by atoms with E-state index >= 15 is 0 Å². The number of phosphoric acid groups is 1. The maximum Gasteiger partial charge on any atom is 0.472 e. The summed E-state index contributed by atoms with van der Waals surface area (Å²) in [6.07, 6.45) is 29.2. The van der Waals surface area contributed by atoms with Crippen molar-refractivity contribution in [2.24, 2.45) is 0 Å². The highest BCUT2D eigenvalue weighted by Crippen LogP contribution is 2.47. The summed E-state index contributed by atoms with van der Waals surface area (Å²) in [5.41, 5.74) is 0. The standard InChI is InChI=1S/C47H85O13P/c1-3-5-7-9-11-13-15-17-19-20-22-23-25-27-29-31-33-35-40(48)57-37-39(38-58-61(55,56)60-47-45(53)43(51)42(50)44(52)46(47)54)59-41(49)36-34-32-30-28-26-24-21-18-16-14-12-10-8-6-4-2/h10,12,22-23,27,29,39,42-47,50-54H,3-9,11,13-21,24-26,28,30-38H2,1-2H3,(H,55,56)/b12-10+,23-22+,29-27+/t39-,42?,43-,44?,45?,46?,47?/m0/s1. The Morgan fingerprint density at radius 2 is 0.918 bits per heavy atom. The van der Waals surface area contributed by atoms with Crippen molar-refractivity contribution >= 4 is 19.8 Å². The zero-order valence-corrected chi connectivity index (χ0v) is 38.6. The van der Waals surface area contributed by atoms with E-state index in [-0.39, 0.29) is 12.8 Å². The normalized spacial score (nSPS) is 22.3. The third-order valence-corrected chi connectivity index (χ3v) is 11.9. The molecule has 61 heavy (non-hydrogen) atoms. The van der Waals surface area contributed by atoms with Gasteiger partial charge in [-0.2, -0.15) is 0 Å². The van der Waals surface area contributed by atoms with Gasteiger partial charge in [-0.3, -0.25) is 18.6 Å². The van der Waals surface area contributed by atoms with Crippen molar-refractivity contribution < 1.29 is 63.1 Å². The molecular weight excluding hydrogens is 803 g/mol. The van der Waals surface area contributed by atoms with Crippen molar-refractivity contribution in [1.29, 1.82) is 0 Å². The second kappa shape index (κ2) is 37.4. The molecule has 0 aromatic carbocycles. The molecule has 1 fully saturated rings. The molecule has 0 radical (unpaired) electrons. The average Bonchev–Trinajstić information content (AvgIpc) is 3.24. The van der Waals surface area contributed by atoms with Gasteiger partial charge in [0.05, 0.1) is 6.61 Å². The Balaban J connectivity index is 2.47. The van der Waals surface area contributed by atoms with Gasteiger partial charge in [0.25, 0.3) is 0 Å². The van der Waals surface area contributed by atoms with Crippen LogP contribution >= 0.6 is 7.82 Å². The van der Waals surface area contributed by atoms with Crippen molar-refractivity contribution in [1.82, 2.24) is 0 Å². The van der Waals surface area contributed by atoms with Crippen LogP contribution in [0.15, 0.2) is 36.5 Å². The third-order valence-electron chi connectivity index (χ3n) is 11.0. The molecule has 0 aromatic rings. The lowest BCUT2D eigenvalue weighted by Crippen LogP contribution is -2.64. The number of hydrogen-bond acceptors (Lipinski definition) is 12. The van der Waals surface area contributed by atoms with E-state index in [4.69, 9.17) is 18.5 Å². The molecule has 356 valence electrons. The minimum Gasteiger partial charge on any atom is -0.462 e. The van der Waals surface area contributed by atoms with E-state index in [1.54, 1.807) is 0 Å². The van der Waals surface area contributed by atoms with Crippen molar-refractivity contribution in [3.63, 3.8) is 0 Å². The fraction of sp³-hybridized carbons (Fsp3) is 0.830. The fourth-order valence-electron chi connectivity index (χ4n) is 7.07. The number of aliphatic hydroxyl groups excluding tert-OH is 5. The Bertz CT molecular complexity index is 1210. The molecule has 0 heterocycles. The Labute approximate surface area is 368 Å². The lowest BCUT2D eigenvalue weighted by molar-refractivity contribution is -0.220. The maximum absolute atomic E-state index is 12.8. The molecule has 6 unspecified atom stereocenters. The minimum atomic E-state index is -5.13. The van der Waals surface area contributed by atoms with Crippen LogP contribution in [-0.4, -0.2) is 98.3 Å². The fourth-order valence-corrected chi connectivity index (χ4v) is 8.05. The second-order valence-electron chi connectivity index (χ2n) is 16.6. The highest BCUT2D eigenvalue weighted by molar-refractivity contribution is 7.47. The Hall–Kier alpha value is -1.93. The molecule has 1 saturated carbocycles. The van der Waals surface area contributed by atoms with Gasteiger partial charge in [-0.25, -0.2) is 4.57 Å². The molecule has 6 N–H and O–H groups in total. The smallest absolute Gasteiger partial charge is 0.462 e. The van der Waals surface area contributed by atoms with Crippen molar-refractivity contribution in [2.75, 3.05) is 13.2 Å². The molecule has 1 aliphatic carbocycles. The van der Waals surface area contributed by atoms with Crippen LogP contribution in [0.25, 0.3) is 0 Å². The Kier molecular flexibility index (Phi) is 35.0. The molecule has 1 rings (SSSR count). The number of rotatable bonds is 39. The molecule has 0 aliphatic heterocycles. The van der Waals surface area contributed by atoms with E-state index < -0.39 is 75.7 Å². The molecule has 8 atom stereocenters. The van der Waals surface area contributed by atoms with Crippen molar-refractivity contribution in [2.45, 2.75) is 236 Å². The van der Waals surface area contributed by atoms with E-state index in [1.807, 2.05) is 6.08 Å². The van der Waals surface area contributed by atoms with Crippen LogP contribution in [0.4, 0.5) is 0 Å². The molecule has 14 heteroatoms. The third kappa shape index (κ3) is 30.0. The van der Waals surface area contributed by atoms with Crippen molar-refractivity contribution in [3.05, 3.63) is 36.5 Å². The van der Waals surface area contributed by atoms with Gasteiger partial charge in [0.1, 0.15) is 43.2 Å². The van der Waals surface area contributed by atoms with Gasteiger partial charge in [0.15, 0.2) is 6.10 Å². The van der Waals surface area contributed by atoms with Gasteiger partial charge in [-0.05, 0) is 57.8 Å². The number of unbranched alkanes of at least 4 members (excludes halogenated alkanes) is 21. The molecule has 0 bridgehead atoms. The minimum absolute atomic E-state index is 0.0862. The first-order valence-electron chi connectivity index (χ1n) is 23.8. The van der Waals surface area contributed by atoms with Crippen LogP contribution in [0.3, 0.4) is 0 Å². The predicted octanol–water partition coefficient (Wildman–Crippen LogP) is 9.39. The molecule has 0 saturated heterocycles. The summed E-state index contributed by atoms with van der Waals surface area (Å²) >= 11 is 0. The van der Waals surface area contributed by atoms with Crippen LogP contribution in [0.1, 0.15) is 194 Å². The van der Waals surface area contributed by atoms with E-state index in [2.05, 4.69) is 44.2 Å². The van der Waals surface area contributed by atoms with Crippen LogP contribution < -0.4 is 0 Å². The summed E-state index contributed by atoms with van der Waals surface area (Å²) < 4.78 is 33.5. The summed E-state index contributed by atoms with van der Waals surface area (Å²) in [6, 6.07) is 0. The van der Waals surface area contributed by atoms with Gasteiger partial charge in [-0.15, -0.1) is 0 Å². The zero-order valence-electron chi connectivity index (χ0n) is 37.7. The number of aliphatic hydroxyl groups is 5. The van der Waals surface area contributed by atoms with E-state index in [9.17, 15) is 44.6 Å². The van der Waals surface area contributed by atoms with E-state index in [1.165, 1.54) is 103 Å². The Morgan fingerprint density at radius 1 is 0.508 bits per heavy atom. The SMILES string of the molecule is CCCC/C=C/CCCCCCCCCCCC(=O)O[C@@H](COC(=O)CCC/C=C/C/C=C/CCCCCCCCCCC)COP(=O)(O)OC1C(O)C(O)C(O)[C@H](O)C1O. The van der Waals surface area contributed by atoms with Gasteiger partial charge in [0, 0.05) is 12.8 Å². The predicted molar refractivity (Wildman–Crippen MR) is 240 cm³/mol. The topological polar surface area (TPSA) is 210 Å². The highest BCUT2D eigenvalue weighted by atomic mass is 31.2. The maximum atomic E-state index is 12.8. The van der Waals surface area contributed by atoms with E-state index in [0.29, 0.717) is 19.3 Å². The summed E-state index contributed by atoms with van der Waals surface area (Å²) in [5, 5.41) is 50.1. The lowest BCUT2D eigenvalue weighted by atomic mass is 9.85. The number of phosphoric ester groups is 1. The number of esters is 2. The molecule has 1 aliphatic rings. The number of ether oxygens (including phenoxy) is 2. The zero-order chi connectivity index (χ0) is 45.0. The van der Waals surface area contributed by atoms with Gasteiger partial charge in [-0.1, -0.05) is 159 Å². The first-order valence-corrected chi connectivity index (χ1v) is 25.3. The quantitative estimate of drug-likeness (QED) is 0.0147. The largest absolute Gasteiger partial charge is 0.472 e.